The number of hydrogen-bond acceptors (Lipinski definition) is 0. The lowest BCUT2D eigenvalue weighted by Gasteiger charge is -2.35. The van der Waals surface area contributed by atoms with Crippen LogP contribution in [-0.4, -0.2) is 0 Å². The highest BCUT2D eigenvalue weighted by atomic mass is 14.6. The van der Waals surface area contributed by atoms with E-state index in [0.29, 0.717) is 17.8 Å². The summed E-state index contributed by atoms with van der Waals surface area (Å²) < 4.78 is 0. The van der Waals surface area contributed by atoms with E-state index in [9.17, 15) is 0 Å². The standard InChI is InChI=1S/C28H28/c1-16-15-20-13-14-25-27(26(20)17(16)2)22-10-6-8-12-24(22)28(25)19(4)18(3)21-9-5-7-11-23(21)28/h5-14,16-19H,15H2,1-4H3/t16-,17-,18+,19-,28?/m1/s1. The summed E-state index contributed by atoms with van der Waals surface area (Å²) in [5.74, 6) is 2.49. The summed E-state index contributed by atoms with van der Waals surface area (Å²) in [6.45, 7) is 9.77. The van der Waals surface area contributed by atoms with Crippen LogP contribution in [0.2, 0.25) is 0 Å². The fourth-order valence-corrected chi connectivity index (χ4v) is 6.90. The van der Waals surface area contributed by atoms with E-state index in [-0.39, 0.29) is 5.41 Å². The first kappa shape index (κ1) is 16.6. The highest BCUT2D eigenvalue weighted by molar-refractivity contribution is 5.88. The molecule has 0 radical (unpaired) electrons. The van der Waals surface area contributed by atoms with Crippen molar-refractivity contribution in [3.05, 3.63) is 94.0 Å². The predicted octanol–water partition coefficient (Wildman–Crippen LogP) is 7.05. The van der Waals surface area contributed by atoms with Crippen LogP contribution < -0.4 is 0 Å². The maximum absolute atomic E-state index is 2.49. The van der Waals surface area contributed by atoms with E-state index in [1.54, 1.807) is 33.4 Å². The van der Waals surface area contributed by atoms with Gasteiger partial charge in [0.05, 0.1) is 0 Å². The molecule has 0 N–H and O–H groups in total. The molecule has 0 heterocycles. The maximum Gasteiger partial charge on any atom is 0.0497 e. The molecule has 3 aromatic carbocycles. The van der Waals surface area contributed by atoms with Crippen LogP contribution >= 0.6 is 0 Å². The Labute approximate surface area is 168 Å². The SMILES string of the molecule is C[C@@H]1Cc2ccc3c(c2[C@@H]1C)-c1ccccc1C31c2ccccc2[C@@H](C)[C@H]1C. The molecule has 6 rings (SSSR count). The maximum atomic E-state index is 2.49. The third kappa shape index (κ3) is 1.70. The van der Waals surface area contributed by atoms with E-state index < -0.39 is 0 Å². The molecular formula is C28H28. The van der Waals surface area contributed by atoms with Gasteiger partial charge in [-0.3, -0.25) is 0 Å². The lowest BCUT2D eigenvalue weighted by atomic mass is 9.67. The smallest absolute Gasteiger partial charge is 0.0497 e. The van der Waals surface area contributed by atoms with Gasteiger partial charge in [-0.05, 0) is 74.6 Å². The molecule has 5 atom stereocenters. The molecule has 28 heavy (non-hydrogen) atoms. The molecule has 3 aromatic rings. The highest BCUT2D eigenvalue weighted by Crippen LogP contribution is 2.65. The topological polar surface area (TPSA) is 0 Å². The van der Waals surface area contributed by atoms with Gasteiger partial charge in [-0.25, -0.2) is 0 Å². The zero-order valence-corrected chi connectivity index (χ0v) is 17.3. The van der Waals surface area contributed by atoms with E-state index >= 15 is 0 Å². The van der Waals surface area contributed by atoms with Crippen LogP contribution in [0.1, 0.15) is 72.9 Å². The molecule has 3 aliphatic carbocycles. The van der Waals surface area contributed by atoms with Gasteiger partial charge in [0.25, 0.3) is 0 Å². The zero-order valence-electron chi connectivity index (χ0n) is 17.3. The Morgan fingerprint density at radius 1 is 0.714 bits per heavy atom. The number of hydrogen-bond donors (Lipinski definition) is 0. The minimum Gasteiger partial charge on any atom is -0.0620 e. The van der Waals surface area contributed by atoms with Crippen LogP contribution in [-0.2, 0) is 11.8 Å². The van der Waals surface area contributed by atoms with Crippen LogP contribution in [0.4, 0.5) is 0 Å². The molecule has 0 aliphatic heterocycles. The Kier molecular flexibility index (Phi) is 3.19. The average Bonchev–Trinajstić information content (AvgIpc) is 3.27. The molecule has 0 aromatic heterocycles. The molecule has 0 fully saturated rings. The van der Waals surface area contributed by atoms with Crippen LogP contribution in [0.5, 0.6) is 0 Å². The second kappa shape index (κ2) is 5.38. The molecular weight excluding hydrogens is 336 g/mol. The molecule has 0 heteroatoms. The van der Waals surface area contributed by atoms with E-state index in [4.69, 9.17) is 0 Å². The molecule has 0 bridgehead atoms. The Balaban J connectivity index is 1.78. The van der Waals surface area contributed by atoms with E-state index in [1.807, 2.05) is 0 Å². The van der Waals surface area contributed by atoms with Crippen molar-refractivity contribution in [2.24, 2.45) is 11.8 Å². The fraction of sp³-hybridized carbons (Fsp3) is 0.357. The summed E-state index contributed by atoms with van der Waals surface area (Å²) in [6.07, 6.45) is 1.22. The second-order valence-electron chi connectivity index (χ2n) is 9.55. The molecule has 0 amide bonds. The third-order valence-electron chi connectivity index (χ3n) is 8.54. The number of benzene rings is 3. The monoisotopic (exact) mass is 364 g/mol. The number of fused-ring (bicyclic) bond motifs is 9. The fourth-order valence-electron chi connectivity index (χ4n) is 6.90. The first-order valence-electron chi connectivity index (χ1n) is 10.9. The normalized spacial score (nSPS) is 31.6. The summed E-state index contributed by atoms with van der Waals surface area (Å²) in [4.78, 5) is 0. The van der Waals surface area contributed by atoms with Crippen molar-refractivity contribution in [3.8, 4) is 11.1 Å². The Hall–Kier alpha value is -2.34. The summed E-state index contributed by atoms with van der Waals surface area (Å²) >= 11 is 0. The molecule has 1 unspecified atom stereocenters. The third-order valence-corrected chi connectivity index (χ3v) is 8.54. The Morgan fingerprint density at radius 2 is 1.43 bits per heavy atom. The van der Waals surface area contributed by atoms with Gasteiger partial charge in [0.15, 0.2) is 0 Å². The summed E-state index contributed by atoms with van der Waals surface area (Å²) in [6, 6.07) is 23.5. The lowest BCUT2D eigenvalue weighted by molar-refractivity contribution is 0.401. The van der Waals surface area contributed by atoms with Crippen LogP contribution in [0, 0.1) is 11.8 Å². The van der Waals surface area contributed by atoms with Crippen LogP contribution in [0.3, 0.4) is 0 Å². The van der Waals surface area contributed by atoms with Crippen molar-refractivity contribution in [1.82, 2.24) is 0 Å². The molecule has 140 valence electrons. The van der Waals surface area contributed by atoms with E-state index in [0.717, 1.165) is 5.92 Å². The van der Waals surface area contributed by atoms with Crippen LogP contribution in [0.25, 0.3) is 11.1 Å². The molecule has 0 saturated heterocycles. The largest absolute Gasteiger partial charge is 0.0620 e. The second-order valence-corrected chi connectivity index (χ2v) is 9.55. The van der Waals surface area contributed by atoms with Gasteiger partial charge in [0, 0.05) is 5.41 Å². The minimum absolute atomic E-state index is 0.00249. The van der Waals surface area contributed by atoms with Gasteiger partial charge in [-0.15, -0.1) is 0 Å². The van der Waals surface area contributed by atoms with Gasteiger partial charge in [-0.2, -0.15) is 0 Å². The van der Waals surface area contributed by atoms with E-state index in [1.165, 1.54) is 17.5 Å². The zero-order chi connectivity index (χ0) is 19.2. The van der Waals surface area contributed by atoms with Gasteiger partial charge >= 0.3 is 0 Å². The lowest BCUT2D eigenvalue weighted by Crippen LogP contribution is -2.31. The van der Waals surface area contributed by atoms with Gasteiger partial charge in [0.1, 0.15) is 0 Å². The first-order chi connectivity index (χ1) is 13.6. The van der Waals surface area contributed by atoms with Crippen molar-refractivity contribution in [1.29, 1.82) is 0 Å². The van der Waals surface area contributed by atoms with Crippen LogP contribution in [0.15, 0.2) is 60.7 Å². The minimum atomic E-state index is 0.00249. The van der Waals surface area contributed by atoms with E-state index in [2.05, 4.69) is 88.4 Å². The van der Waals surface area contributed by atoms with Crippen molar-refractivity contribution in [2.45, 2.75) is 51.4 Å². The van der Waals surface area contributed by atoms with Gasteiger partial charge in [-0.1, -0.05) is 88.4 Å². The van der Waals surface area contributed by atoms with Gasteiger partial charge < -0.3 is 0 Å². The summed E-state index contributed by atoms with van der Waals surface area (Å²) in [5.41, 5.74) is 12.5. The Morgan fingerprint density at radius 3 is 2.25 bits per heavy atom. The highest BCUT2D eigenvalue weighted by Gasteiger charge is 2.56. The quantitative estimate of drug-likeness (QED) is 0.401. The molecule has 0 nitrogen and oxygen atoms in total. The number of rotatable bonds is 0. The predicted molar refractivity (Wildman–Crippen MR) is 117 cm³/mol. The Bertz CT molecular complexity index is 1120. The van der Waals surface area contributed by atoms with Crippen molar-refractivity contribution in [2.75, 3.05) is 0 Å². The van der Waals surface area contributed by atoms with Crippen molar-refractivity contribution < 1.29 is 0 Å². The molecule has 0 saturated carbocycles. The average molecular weight is 365 g/mol. The van der Waals surface area contributed by atoms with Crippen molar-refractivity contribution in [3.63, 3.8) is 0 Å². The first-order valence-corrected chi connectivity index (χ1v) is 10.9. The van der Waals surface area contributed by atoms with Gasteiger partial charge in [0.2, 0.25) is 0 Å². The molecule has 3 aliphatic rings. The summed E-state index contributed by atoms with van der Waals surface area (Å²) in [7, 11) is 0. The summed E-state index contributed by atoms with van der Waals surface area (Å²) in [5, 5.41) is 0. The molecule has 1 spiro atoms. The van der Waals surface area contributed by atoms with Crippen molar-refractivity contribution >= 4 is 0 Å².